The summed E-state index contributed by atoms with van der Waals surface area (Å²) in [7, 11) is 3.59. The van der Waals surface area contributed by atoms with Crippen LogP contribution in [0, 0.1) is 5.92 Å². The minimum atomic E-state index is 0.327. The fourth-order valence-corrected chi connectivity index (χ4v) is 2.03. The summed E-state index contributed by atoms with van der Waals surface area (Å²) in [6.07, 6.45) is 0. The molecule has 0 amide bonds. The van der Waals surface area contributed by atoms with Crippen molar-refractivity contribution < 1.29 is 4.74 Å². The summed E-state index contributed by atoms with van der Waals surface area (Å²) in [5.74, 6) is 1.25. The maximum atomic E-state index is 6.08. The van der Waals surface area contributed by atoms with E-state index in [1.165, 1.54) is 5.56 Å². The third kappa shape index (κ3) is 2.86. The Balaban J connectivity index is 3.00. The molecule has 1 rings (SSSR count). The number of halogens is 1. The minimum Gasteiger partial charge on any atom is -0.495 e. The van der Waals surface area contributed by atoms with Crippen LogP contribution >= 0.6 is 11.6 Å². The van der Waals surface area contributed by atoms with Gasteiger partial charge in [-0.2, -0.15) is 0 Å². The van der Waals surface area contributed by atoms with Gasteiger partial charge in [0.15, 0.2) is 0 Å². The highest BCUT2D eigenvalue weighted by molar-refractivity contribution is 6.32. The predicted octanol–water partition coefficient (Wildman–Crippen LogP) is 3.27. The average molecular weight is 228 g/mol. The van der Waals surface area contributed by atoms with Gasteiger partial charge in [-0.05, 0) is 30.7 Å². The molecule has 84 valence electrons. The minimum absolute atomic E-state index is 0.327. The van der Waals surface area contributed by atoms with Crippen LogP contribution in [0.2, 0.25) is 5.02 Å². The van der Waals surface area contributed by atoms with Gasteiger partial charge in [0.1, 0.15) is 5.75 Å². The number of benzene rings is 1. The Morgan fingerprint density at radius 3 is 2.40 bits per heavy atom. The van der Waals surface area contributed by atoms with Crippen LogP contribution in [0.4, 0.5) is 0 Å². The lowest BCUT2D eigenvalue weighted by Gasteiger charge is -2.21. The van der Waals surface area contributed by atoms with Gasteiger partial charge < -0.3 is 10.1 Å². The van der Waals surface area contributed by atoms with Gasteiger partial charge in [-0.3, -0.25) is 0 Å². The molecule has 0 aliphatic carbocycles. The molecule has 0 fully saturated rings. The van der Waals surface area contributed by atoms with Crippen LogP contribution < -0.4 is 10.1 Å². The molecule has 1 N–H and O–H groups in total. The lowest BCUT2D eigenvalue weighted by Crippen LogP contribution is -2.21. The van der Waals surface area contributed by atoms with Gasteiger partial charge in [-0.1, -0.05) is 31.5 Å². The molecule has 2 nitrogen and oxygen atoms in total. The SMILES string of the molecule is CNC(c1ccc(OC)c(Cl)c1)C(C)C. The quantitative estimate of drug-likeness (QED) is 0.853. The Labute approximate surface area is 96.6 Å². The highest BCUT2D eigenvalue weighted by Gasteiger charge is 2.14. The van der Waals surface area contributed by atoms with E-state index < -0.39 is 0 Å². The topological polar surface area (TPSA) is 21.3 Å². The maximum Gasteiger partial charge on any atom is 0.137 e. The summed E-state index contributed by atoms with van der Waals surface area (Å²) < 4.78 is 5.12. The van der Waals surface area contributed by atoms with Gasteiger partial charge in [-0.15, -0.1) is 0 Å². The van der Waals surface area contributed by atoms with Crippen LogP contribution in [0.25, 0.3) is 0 Å². The fraction of sp³-hybridized carbons (Fsp3) is 0.500. The molecule has 1 unspecified atom stereocenters. The smallest absolute Gasteiger partial charge is 0.137 e. The molecule has 0 aliphatic rings. The summed E-state index contributed by atoms with van der Waals surface area (Å²) in [4.78, 5) is 0. The summed E-state index contributed by atoms with van der Waals surface area (Å²) >= 11 is 6.08. The molecule has 0 spiro atoms. The van der Waals surface area contributed by atoms with Crippen molar-refractivity contribution in [1.29, 1.82) is 0 Å². The first kappa shape index (κ1) is 12.3. The van der Waals surface area contributed by atoms with Crippen LogP contribution in [0.5, 0.6) is 5.75 Å². The molecule has 1 aromatic rings. The van der Waals surface area contributed by atoms with Crippen molar-refractivity contribution in [3.05, 3.63) is 28.8 Å². The molecule has 0 heterocycles. The number of hydrogen-bond acceptors (Lipinski definition) is 2. The van der Waals surface area contributed by atoms with E-state index in [1.54, 1.807) is 7.11 Å². The van der Waals surface area contributed by atoms with Crippen molar-refractivity contribution in [1.82, 2.24) is 5.32 Å². The Morgan fingerprint density at radius 1 is 1.33 bits per heavy atom. The van der Waals surface area contributed by atoms with Gasteiger partial charge in [-0.25, -0.2) is 0 Å². The van der Waals surface area contributed by atoms with Crippen molar-refractivity contribution >= 4 is 11.6 Å². The standard InChI is InChI=1S/C12H18ClNO/c1-8(2)12(14-3)9-5-6-11(15-4)10(13)7-9/h5-8,12,14H,1-4H3. The first-order valence-corrected chi connectivity index (χ1v) is 5.48. The molecule has 1 atom stereocenters. The zero-order chi connectivity index (χ0) is 11.4. The normalized spacial score (nSPS) is 12.9. The van der Waals surface area contributed by atoms with E-state index in [1.807, 2.05) is 25.2 Å². The Bertz CT molecular complexity index is 325. The zero-order valence-electron chi connectivity index (χ0n) is 9.67. The van der Waals surface area contributed by atoms with Crippen LogP contribution in [0.15, 0.2) is 18.2 Å². The van der Waals surface area contributed by atoms with Gasteiger partial charge >= 0.3 is 0 Å². The molecule has 15 heavy (non-hydrogen) atoms. The summed E-state index contributed by atoms with van der Waals surface area (Å²) in [6, 6.07) is 6.24. The summed E-state index contributed by atoms with van der Waals surface area (Å²) in [5.41, 5.74) is 1.19. The van der Waals surface area contributed by atoms with Crippen molar-refractivity contribution in [3.8, 4) is 5.75 Å². The first-order valence-electron chi connectivity index (χ1n) is 5.10. The Hall–Kier alpha value is -0.730. The Kier molecular flexibility index (Phi) is 4.43. The zero-order valence-corrected chi connectivity index (χ0v) is 10.4. The van der Waals surface area contributed by atoms with Crippen LogP contribution in [0.1, 0.15) is 25.5 Å². The van der Waals surface area contributed by atoms with Crippen LogP contribution in [-0.4, -0.2) is 14.2 Å². The maximum absolute atomic E-state index is 6.08. The highest BCUT2D eigenvalue weighted by atomic mass is 35.5. The van der Waals surface area contributed by atoms with Crippen molar-refractivity contribution in [2.24, 2.45) is 5.92 Å². The molecule has 0 saturated carbocycles. The van der Waals surface area contributed by atoms with Crippen molar-refractivity contribution in [3.63, 3.8) is 0 Å². The number of ether oxygens (including phenoxy) is 1. The molecular formula is C12H18ClNO. The van der Waals surface area contributed by atoms with E-state index in [0.29, 0.717) is 17.0 Å². The first-order chi connectivity index (χ1) is 7.10. The van der Waals surface area contributed by atoms with Crippen LogP contribution in [-0.2, 0) is 0 Å². The van der Waals surface area contributed by atoms with E-state index in [-0.39, 0.29) is 0 Å². The molecule has 0 bridgehead atoms. The molecule has 0 aliphatic heterocycles. The average Bonchev–Trinajstić information content (AvgIpc) is 2.18. The highest BCUT2D eigenvalue weighted by Crippen LogP contribution is 2.29. The van der Waals surface area contributed by atoms with Gasteiger partial charge in [0.25, 0.3) is 0 Å². The number of methoxy groups -OCH3 is 1. The van der Waals surface area contributed by atoms with E-state index in [2.05, 4.69) is 19.2 Å². The third-order valence-corrected chi connectivity index (χ3v) is 2.81. The number of hydrogen-bond donors (Lipinski definition) is 1. The van der Waals surface area contributed by atoms with Crippen LogP contribution in [0.3, 0.4) is 0 Å². The van der Waals surface area contributed by atoms with Gasteiger partial charge in [0.05, 0.1) is 12.1 Å². The van der Waals surface area contributed by atoms with E-state index in [9.17, 15) is 0 Å². The molecule has 0 aromatic heterocycles. The second-order valence-electron chi connectivity index (χ2n) is 3.90. The molecule has 3 heteroatoms. The number of nitrogens with one attached hydrogen (secondary N) is 1. The van der Waals surface area contributed by atoms with E-state index >= 15 is 0 Å². The summed E-state index contributed by atoms with van der Waals surface area (Å²) in [5, 5.41) is 3.95. The lowest BCUT2D eigenvalue weighted by atomic mass is 9.96. The van der Waals surface area contributed by atoms with Gasteiger partial charge in [0.2, 0.25) is 0 Å². The van der Waals surface area contributed by atoms with Gasteiger partial charge in [0, 0.05) is 6.04 Å². The largest absolute Gasteiger partial charge is 0.495 e. The second-order valence-corrected chi connectivity index (χ2v) is 4.31. The van der Waals surface area contributed by atoms with Crippen molar-refractivity contribution in [2.45, 2.75) is 19.9 Å². The van der Waals surface area contributed by atoms with E-state index in [0.717, 1.165) is 5.75 Å². The lowest BCUT2D eigenvalue weighted by molar-refractivity contribution is 0.412. The van der Waals surface area contributed by atoms with Crippen molar-refractivity contribution in [2.75, 3.05) is 14.2 Å². The Morgan fingerprint density at radius 2 is 2.00 bits per heavy atom. The molecule has 1 aromatic carbocycles. The molecule has 0 saturated heterocycles. The summed E-state index contributed by atoms with van der Waals surface area (Å²) in [6.45, 7) is 4.36. The fourth-order valence-electron chi connectivity index (χ4n) is 1.76. The van der Waals surface area contributed by atoms with E-state index in [4.69, 9.17) is 16.3 Å². The third-order valence-electron chi connectivity index (χ3n) is 2.51. The molecular weight excluding hydrogens is 210 g/mol. The second kappa shape index (κ2) is 5.38. The number of rotatable bonds is 4. The monoisotopic (exact) mass is 227 g/mol. The molecule has 0 radical (unpaired) electrons. The predicted molar refractivity (Wildman–Crippen MR) is 64.6 cm³/mol.